The van der Waals surface area contributed by atoms with E-state index in [1.165, 1.54) is 5.56 Å². The van der Waals surface area contributed by atoms with Gasteiger partial charge in [0.15, 0.2) is 0 Å². The van der Waals surface area contributed by atoms with Gasteiger partial charge < -0.3 is 15.0 Å². The van der Waals surface area contributed by atoms with Crippen molar-refractivity contribution in [2.24, 2.45) is 5.10 Å². The highest BCUT2D eigenvalue weighted by Gasteiger charge is 2.20. The maximum absolute atomic E-state index is 12.0. The molecule has 2 amide bonds. The summed E-state index contributed by atoms with van der Waals surface area (Å²) in [5.74, 6) is -0.190. The van der Waals surface area contributed by atoms with E-state index in [0.29, 0.717) is 32.5 Å². The van der Waals surface area contributed by atoms with E-state index in [-0.39, 0.29) is 18.5 Å². The monoisotopic (exact) mass is 360 g/mol. The molecule has 1 aromatic carbocycles. The van der Waals surface area contributed by atoms with Crippen LogP contribution < -0.4 is 10.7 Å². The quantitative estimate of drug-likeness (QED) is 0.791. The smallest absolute Gasteiger partial charge is 0.409 e. The van der Waals surface area contributed by atoms with Gasteiger partial charge in [-0.05, 0) is 38.8 Å². The predicted molar refractivity (Wildman–Crippen MR) is 103 cm³/mol. The second-order valence-electron chi connectivity index (χ2n) is 6.53. The summed E-state index contributed by atoms with van der Waals surface area (Å²) in [7, 11) is 0. The molecular formula is C19H28N4O3. The molecule has 1 heterocycles. The highest BCUT2D eigenvalue weighted by molar-refractivity contribution is 5.89. The summed E-state index contributed by atoms with van der Waals surface area (Å²) in [5, 5.41) is 7.37. The molecule has 1 aliphatic heterocycles. The van der Waals surface area contributed by atoms with Crippen molar-refractivity contribution >= 4 is 23.4 Å². The highest BCUT2D eigenvalue weighted by atomic mass is 16.6. The molecule has 2 N–H and O–H groups in total. The second-order valence-corrected chi connectivity index (χ2v) is 6.53. The van der Waals surface area contributed by atoms with Crippen LogP contribution in [0.1, 0.15) is 36.5 Å². The molecule has 0 spiro atoms. The van der Waals surface area contributed by atoms with Crippen molar-refractivity contribution in [3.8, 4) is 0 Å². The Morgan fingerprint density at radius 1 is 1.15 bits per heavy atom. The van der Waals surface area contributed by atoms with Gasteiger partial charge in [0.2, 0.25) is 0 Å². The van der Waals surface area contributed by atoms with Crippen molar-refractivity contribution in [2.75, 3.05) is 31.6 Å². The molecule has 0 radical (unpaired) electrons. The molecule has 1 saturated heterocycles. The van der Waals surface area contributed by atoms with Crippen molar-refractivity contribution in [2.45, 2.75) is 40.5 Å². The molecule has 0 aromatic heterocycles. The van der Waals surface area contributed by atoms with Gasteiger partial charge in [-0.3, -0.25) is 4.79 Å². The number of hydrazone groups is 1. The van der Waals surface area contributed by atoms with Crippen LogP contribution in [0.4, 0.5) is 10.5 Å². The Morgan fingerprint density at radius 3 is 2.35 bits per heavy atom. The van der Waals surface area contributed by atoms with Crippen LogP contribution >= 0.6 is 0 Å². The molecule has 1 aliphatic rings. The third kappa shape index (κ3) is 5.47. The summed E-state index contributed by atoms with van der Waals surface area (Å²) in [6.45, 7) is 9.56. The van der Waals surface area contributed by atoms with Crippen LogP contribution in [0.5, 0.6) is 0 Å². The topological polar surface area (TPSA) is 83.0 Å². The summed E-state index contributed by atoms with van der Waals surface area (Å²) < 4.78 is 4.98. The van der Waals surface area contributed by atoms with Crippen LogP contribution in [-0.4, -0.2) is 48.9 Å². The Kier molecular flexibility index (Phi) is 7.00. The molecule has 26 heavy (non-hydrogen) atoms. The fourth-order valence-corrected chi connectivity index (χ4v) is 3.08. The number of carbonyl (C=O) groups excluding carboxylic acids is 2. The molecule has 7 nitrogen and oxygen atoms in total. The van der Waals surface area contributed by atoms with Crippen LogP contribution in [0.3, 0.4) is 0 Å². The molecule has 0 saturated carbocycles. The molecule has 1 fully saturated rings. The highest BCUT2D eigenvalue weighted by Crippen LogP contribution is 2.21. The number of hydrogen-bond acceptors (Lipinski definition) is 5. The van der Waals surface area contributed by atoms with Crippen LogP contribution in [0.15, 0.2) is 17.2 Å². The number of benzene rings is 1. The van der Waals surface area contributed by atoms with Gasteiger partial charge in [0.1, 0.15) is 0 Å². The van der Waals surface area contributed by atoms with Gasteiger partial charge in [0, 0.05) is 37.3 Å². The number of nitrogens with one attached hydrogen (secondary N) is 2. The second kappa shape index (κ2) is 9.22. The van der Waals surface area contributed by atoms with E-state index >= 15 is 0 Å². The number of likely N-dealkylation sites (tertiary alicyclic amines) is 1. The SMILES string of the molecule is CCOC(=O)N1CCC(=NNC(=O)CNc2c(C)cc(C)cc2C)CC1. The van der Waals surface area contributed by atoms with Crippen molar-refractivity contribution < 1.29 is 14.3 Å². The number of piperidine rings is 1. The lowest BCUT2D eigenvalue weighted by Gasteiger charge is -2.26. The Labute approximate surface area is 154 Å². The van der Waals surface area contributed by atoms with Crippen molar-refractivity contribution in [3.63, 3.8) is 0 Å². The number of rotatable bonds is 5. The van der Waals surface area contributed by atoms with Gasteiger partial charge in [0.25, 0.3) is 5.91 Å². The Bertz CT molecular complexity index is 667. The third-order valence-electron chi connectivity index (χ3n) is 4.31. The number of anilines is 1. The van der Waals surface area contributed by atoms with Gasteiger partial charge >= 0.3 is 6.09 Å². The zero-order valence-electron chi connectivity index (χ0n) is 16.0. The van der Waals surface area contributed by atoms with Crippen molar-refractivity contribution in [1.29, 1.82) is 0 Å². The first kappa shape index (κ1) is 19.8. The fourth-order valence-electron chi connectivity index (χ4n) is 3.08. The molecule has 7 heteroatoms. The minimum absolute atomic E-state index is 0.163. The fraction of sp³-hybridized carbons (Fsp3) is 0.526. The van der Waals surface area contributed by atoms with E-state index < -0.39 is 0 Å². The van der Waals surface area contributed by atoms with E-state index in [4.69, 9.17) is 4.74 Å². The van der Waals surface area contributed by atoms with Crippen molar-refractivity contribution in [1.82, 2.24) is 10.3 Å². The van der Waals surface area contributed by atoms with Gasteiger partial charge in [0.05, 0.1) is 13.2 Å². The maximum Gasteiger partial charge on any atom is 0.409 e. The van der Waals surface area contributed by atoms with Gasteiger partial charge in [-0.1, -0.05) is 17.7 Å². The zero-order chi connectivity index (χ0) is 19.1. The molecule has 142 valence electrons. The van der Waals surface area contributed by atoms with Crippen molar-refractivity contribution in [3.05, 3.63) is 28.8 Å². The Morgan fingerprint density at radius 2 is 1.77 bits per heavy atom. The molecule has 1 aromatic rings. The summed E-state index contributed by atoms with van der Waals surface area (Å²) in [4.78, 5) is 25.4. The minimum atomic E-state index is -0.288. The van der Waals surface area contributed by atoms with Crippen LogP contribution in [0, 0.1) is 20.8 Å². The lowest BCUT2D eigenvalue weighted by atomic mass is 10.1. The molecule has 0 bridgehead atoms. The standard InChI is InChI=1S/C19H28N4O3/c1-5-26-19(25)23-8-6-16(7-9-23)21-22-17(24)12-20-18-14(3)10-13(2)11-15(18)4/h10-11,20H,5-9,12H2,1-4H3,(H,22,24). The third-order valence-corrected chi connectivity index (χ3v) is 4.31. The summed E-state index contributed by atoms with van der Waals surface area (Å²) >= 11 is 0. The number of hydrogen-bond donors (Lipinski definition) is 2. The van der Waals surface area contributed by atoms with E-state index in [2.05, 4.69) is 34.9 Å². The Hall–Kier alpha value is -2.57. The van der Waals surface area contributed by atoms with Crippen LogP contribution in [0.2, 0.25) is 0 Å². The van der Waals surface area contributed by atoms with E-state index in [0.717, 1.165) is 22.5 Å². The largest absolute Gasteiger partial charge is 0.450 e. The van der Waals surface area contributed by atoms with Gasteiger partial charge in [-0.25, -0.2) is 10.2 Å². The maximum atomic E-state index is 12.0. The van der Waals surface area contributed by atoms with E-state index in [1.54, 1.807) is 11.8 Å². The summed E-state index contributed by atoms with van der Waals surface area (Å²) in [5.41, 5.74) is 7.91. The Balaban J connectivity index is 1.79. The lowest BCUT2D eigenvalue weighted by molar-refractivity contribution is -0.119. The minimum Gasteiger partial charge on any atom is -0.450 e. The number of aryl methyl sites for hydroxylation is 3. The van der Waals surface area contributed by atoms with Crippen LogP contribution in [0.25, 0.3) is 0 Å². The number of ether oxygens (including phenoxy) is 1. The zero-order valence-corrected chi connectivity index (χ0v) is 16.0. The van der Waals surface area contributed by atoms with Crippen LogP contribution in [-0.2, 0) is 9.53 Å². The molecule has 0 aliphatic carbocycles. The summed E-state index contributed by atoms with van der Waals surface area (Å²) in [6, 6.07) is 4.18. The first-order chi connectivity index (χ1) is 12.4. The first-order valence-corrected chi connectivity index (χ1v) is 8.98. The van der Waals surface area contributed by atoms with Gasteiger partial charge in [-0.2, -0.15) is 5.10 Å². The first-order valence-electron chi connectivity index (χ1n) is 8.98. The normalized spacial score (nSPS) is 14.0. The molecule has 2 rings (SSSR count). The molecular weight excluding hydrogens is 332 g/mol. The number of carbonyl (C=O) groups is 2. The van der Waals surface area contributed by atoms with E-state index in [9.17, 15) is 9.59 Å². The number of amides is 2. The summed E-state index contributed by atoms with van der Waals surface area (Å²) in [6.07, 6.45) is 0.995. The average Bonchev–Trinajstić information content (AvgIpc) is 2.59. The average molecular weight is 360 g/mol. The molecule has 0 atom stereocenters. The van der Waals surface area contributed by atoms with Gasteiger partial charge in [-0.15, -0.1) is 0 Å². The lowest BCUT2D eigenvalue weighted by Crippen LogP contribution is -2.39. The predicted octanol–water partition coefficient (Wildman–Crippen LogP) is 2.75. The number of nitrogens with zero attached hydrogens (tertiary/aromatic N) is 2. The van der Waals surface area contributed by atoms with E-state index in [1.807, 2.05) is 13.8 Å². The molecule has 0 unspecified atom stereocenters.